The van der Waals surface area contributed by atoms with Crippen molar-refractivity contribution in [2.45, 2.75) is 11.8 Å². The second-order valence-corrected chi connectivity index (χ2v) is 8.75. The smallest absolute Gasteiger partial charge is 0.263 e. The van der Waals surface area contributed by atoms with Crippen LogP contribution in [0.2, 0.25) is 5.02 Å². The predicted molar refractivity (Wildman–Crippen MR) is 124 cm³/mol. The highest BCUT2D eigenvalue weighted by Crippen LogP contribution is 2.26. The van der Waals surface area contributed by atoms with Gasteiger partial charge in [0.25, 0.3) is 15.9 Å². The van der Waals surface area contributed by atoms with Crippen LogP contribution in [0.15, 0.2) is 71.6 Å². The van der Waals surface area contributed by atoms with Crippen LogP contribution in [0.1, 0.15) is 17.3 Å². The summed E-state index contributed by atoms with van der Waals surface area (Å²) in [6.45, 7) is 1.39. The summed E-state index contributed by atoms with van der Waals surface area (Å²) in [6, 6.07) is 16.8. The van der Waals surface area contributed by atoms with Crippen LogP contribution < -0.4 is 20.1 Å². The maximum absolute atomic E-state index is 12.8. The largest absolute Gasteiger partial charge is 0.497 e. The fourth-order valence-electron chi connectivity index (χ4n) is 2.76. The standard InChI is InChI=1S/C22H20ClN3O5S/c1-14(27)24-16-4-6-17(7-5-16)25-22(28)15-3-12-20(23)21(13-15)32(29,30)26-18-8-10-19(31-2)11-9-18/h3-13,26H,1-2H3,(H,24,27)(H,25,28). The molecule has 0 fully saturated rings. The van der Waals surface area contributed by atoms with Crippen molar-refractivity contribution in [3.63, 3.8) is 0 Å². The number of methoxy groups -OCH3 is 1. The monoisotopic (exact) mass is 473 g/mol. The topological polar surface area (TPSA) is 114 Å². The van der Waals surface area contributed by atoms with Gasteiger partial charge in [-0.25, -0.2) is 8.42 Å². The van der Waals surface area contributed by atoms with Gasteiger partial charge in [-0.3, -0.25) is 14.3 Å². The molecule has 166 valence electrons. The minimum Gasteiger partial charge on any atom is -0.497 e. The molecule has 0 radical (unpaired) electrons. The molecule has 0 saturated carbocycles. The van der Waals surface area contributed by atoms with Gasteiger partial charge in [0.2, 0.25) is 5.91 Å². The number of anilines is 3. The molecule has 32 heavy (non-hydrogen) atoms. The van der Waals surface area contributed by atoms with E-state index in [2.05, 4.69) is 15.4 Å². The fourth-order valence-corrected chi connectivity index (χ4v) is 4.35. The molecule has 3 N–H and O–H groups in total. The van der Waals surface area contributed by atoms with E-state index in [1.54, 1.807) is 48.5 Å². The van der Waals surface area contributed by atoms with E-state index in [0.717, 1.165) is 0 Å². The van der Waals surface area contributed by atoms with Crippen molar-refractivity contribution < 1.29 is 22.7 Å². The van der Waals surface area contributed by atoms with Gasteiger partial charge in [-0.2, -0.15) is 0 Å². The minimum absolute atomic E-state index is 0.0257. The number of carbonyl (C=O) groups excluding carboxylic acids is 2. The lowest BCUT2D eigenvalue weighted by Gasteiger charge is -2.12. The quantitative estimate of drug-likeness (QED) is 0.471. The van der Waals surface area contributed by atoms with E-state index in [9.17, 15) is 18.0 Å². The molecule has 3 aromatic rings. The third kappa shape index (κ3) is 5.77. The number of rotatable bonds is 7. The van der Waals surface area contributed by atoms with E-state index in [1.165, 1.54) is 32.2 Å². The van der Waals surface area contributed by atoms with Crippen LogP contribution >= 0.6 is 11.6 Å². The highest BCUT2D eigenvalue weighted by atomic mass is 35.5. The Morgan fingerprint density at radius 3 is 1.97 bits per heavy atom. The third-order valence-electron chi connectivity index (χ3n) is 4.29. The number of halogens is 1. The van der Waals surface area contributed by atoms with Crippen molar-refractivity contribution in [1.29, 1.82) is 0 Å². The lowest BCUT2D eigenvalue weighted by Crippen LogP contribution is -2.16. The Bertz CT molecular complexity index is 1240. The van der Waals surface area contributed by atoms with Gasteiger partial charge in [-0.15, -0.1) is 0 Å². The molecule has 0 unspecified atom stereocenters. The van der Waals surface area contributed by atoms with E-state index in [0.29, 0.717) is 22.8 Å². The summed E-state index contributed by atoms with van der Waals surface area (Å²) in [5, 5.41) is 5.28. The average Bonchev–Trinajstić information content (AvgIpc) is 2.75. The number of carbonyl (C=O) groups is 2. The predicted octanol–water partition coefficient (Wildman–Crippen LogP) is 4.36. The summed E-state index contributed by atoms with van der Waals surface area (Å²) < 4.78 is 33.2. The highest BCUT2D eigenvalue weighted by Gasteiger charge is 2.20. The molecule has 0 spiro atoms. The van der Waals surface area contributed by atoms with E-state index in [1.807, 2.05) is 0 Å². The Hall–Kier alpha value is -3.56. The van der Waals surface area contributed by atoms with Crippen LogP contribution in [-0.2, 0) is 14.8 Å². The van der Waals surface area contributed by atoms with Gasteiger partial charge in [0.15, 0.2) is 0 Å². The first-order valence-corrected chi connectivity index (χ1v) is 11.2. The Labute approximate surface area is 190 Å². The Morgan fingerprint density at radius 2 is 1.41 bits per heavy atom. The van der Waals surface area contributed by atoms with Gasteiger partial charge in [0.05, 0.1) is 12.1 Å². The number of sulfonamides is 1. The van der Waals surface area contributed by atoms with Crippen LogP contribution in [0, 0.1) is 0 Å². The fraction of sp³-hybridized carbons (Fsp3) is 0.0909. The van der Waals surface area contributed by atoms with Crippen molar-refractivity contribution in [2.75, 3.05) is 22.5 Å². The average molecular weight is 474 g/mol. The molecule has 8 nitrogen and oxygen atoms in total. The van der Waals surface area contributed by atoms with E-state index in [-0.39, 0.29) is 21.4 Å². The van der Waals surface area contributed by atoms with Gasteiger partial charge < -0.3 is 15.4 Å². The number of benzene rings is 3. The molecular formula is C22H20ClN3O5S. The number of hydrogen-bond acceptors (Lipinski definition) is 5. The van der Waals surface area contributed by atoms with Gasteiger partial charge >= 0.3 is 0 Å². The van der Waals surface area contributed by atoms with E-state index >= 15 is 0 Å². The van der Waals surface area contributed by atoms with Crippen LogP contribution in [0.25, 0.3) is 0 Å². The van der Waals surface area contributed by atoms with Crippen LogP contribution in [0.3, 0.4) is 0 Å². The Morgan fingerprint density at radius 1 is 0.844 bits per heavy atom. The lowest BCUT2D eigenvalue weighted by molar-refractivity contribution is -0.114. The van der Waals surface area contributed by atoms with Gasteiger partial charge in [-0.05, 0) is 66.7 Å². The third-order valence-corrected chi connectivity index (χ3v) is 6.15. The first kappa shape index (κ1) is 23.1. The summed E-state index contributed by atoms with van der Waals surface area (Å²) in [5.41, 5.74) is 1.48. The van der Waals surface area contributed by atoms with Gasteiger partial charge in [0, 0.05) is 29.5 Å². The van der Waals surface area contributed by atoms with Crippen molar-refractivity contribution in [1.82, 2.24) is 0 Å². The first-order valence-electron chi connectivity index (χ1n) is 9.33. The molecule has 2 amide bonds. The SMILES string of the molecule is COc1ccc(NS(=O)(=O)c2cc(C(=O)Nc3ccc(NC(C)=O)cc3)ccc2Cl)cc1. The minimum atomic E-state index is -4.05. The van der Waals surface area contributed by atoms with Crippen molar-refractivity contribution in [2.24, 2.45) is 0 Å². The lowest BCUT2D eigenvalue weighted by atomic mass is 10.2. The molecule has 0 aliphatic carbocycles. The van der Waals surface area contributed by atoms with Crippen molar-refractivity contribution in [3.05, 3.63) is 77.3 Å². The summed E-state index contributed by atoms with van der Waals surface area (Å²) >= 11 is 6.11. The summed E-state index contributed by atoms with van der Waals surface area (Å²) in [7, 11) is -2.55. The second-order valence-electron chi connectivity index (χ2n) is 6.69. The molecule has 0 aliphatic rings. The van der Waals surface area contributed by atoms with E-state index < -0.39 is 15.9 Å². The van der Waals surface area contributed by atoms with Gasteiger partial charge in [-0.1, -0.05) is 11.6 Å². The number of amides is 2. The zero-order chi connectivity index (χ0) is 23.3. The molecule has 3 aromatic carbocycles. The maximum Gasteiger partial charge on any atom is 0.263 e. The molecule has 0 atom stereocenters. The number of hydrogen-bond donors (Lipinski definition) is 3. The van der Waals surface area contributed by atoms with Gasteiger partial charge in [0.1, 0.15) is 10.6 Å². The van der Waals surface area contributed by atoms with Crippen molar-refractivity contribution >= 4 is 50.5 Å². The molecule has 10 heteroatoms. The van der Waals surface area contributed by atoms with Crippen molar-refractivity contribution in [3.8, 4) is 5.75 Å². The second kappa shape index (κ2) is 9.71. The zero-order valence-electron chi connectivity index (χ0n) is 17.2. The highest BCUT2D eigenvalue weighted by molar-refractivity contribution is 7.92. The summed E-state index contributed by atoms with van der Waals surface area (Å²) in [4.78, 5) is 23.5. The molecule has 0 aromatic heterocycles. The molecule has 0 aliphatic heterocycles. The van der Waals surface area contributed by atoms with Crippen LogP contribution in [0.5, 0.6) is 5.75 Å². The molecule has 3 rings (SSSR count). The van der Waals surface area contributed by atoms with E-state index in [4.69, 9.17) is 16.3 Å². The summed E-state index contributed by atoms with van der Waals surface area (Å²) in [5.74, 6) is -0.149. The Kier molecular flexibility index (Phi) is 7.01. The number of ether oxygens (including phenoxy) is 1. The molecule has 0 bridgehead atoms. The molecule has 0 heterocycles. The Balaban J connectivity index is 1.79. The zero-order valence-corrected chi connectivity index (χ0v) is 18.8. The summed E-state index contributed by atoms with van der Waals surface area (Å²) in [6.07, 6.45) is 0. The van der Waals surface area contributed by atoms with Crippen LogP contribution in [0.4, 0.5) is 17.1 Å². The molecule has 0 saturated heterocycles. The normalized spacial score (nSPS) is 10.8. The maximum atomic E-state index is 12.8. The van der Waals surface area contributed by atoms with Crippen LogP contribution in [-0.4, -0.2) is 27.3 Å². The molecular weight excluding hydrogens is 454 g/mol. The number of nitrogens with one attached hydrogen (secondary N) is 3. The first-order chi connectivity index (χ1) is 15.2.